The maximum absolute atomic E-state index is 6.22. The molecule has 0 atom stereocenters. The number of hydrogen-bond acceptors (Lipinski definition) is 3. The van der Waals surface area contributed by atoms with Gasteiger partial charge in [-0.3, -0.25) is 0 Å². The van der Waals surface area contributed by atoms with Gasteiger partial charge in [0.1, 0.15) is 16.8 Å². The maximum atomic E-state index is 6.22. The van der Waals surface area contributed by atoms with E-state index < -0.39 is 0 Å². The number of anilines is 2. The molecule has 1 aromatic heterocycles. The quantitative estimate of drug-likeness (QED) is 0.725. The molecular formula is C14H12BrCl2N3. The van der Waals surface area contributed by atoms with Crippen LogP contribution in [0, 0.1) is 6.92 Å². The number of aromatic nitrogens is 2. The highest BCUT2D eigenvalue weighted by Gasteiger charge is 2.28. The molecule has 1 fully saturated rings. The maximum Gasteiger partial charge on any atom is 0.138 e. The summed E-state index contributed by atoms with van der Waals surface area (Å²) in [7, 11) is 0. The zero-order valence-corrected chi connectivity index (χ0v) is 13.8. The Morgan fingerprint density at radius 1 is 1.25 bits per heavy atom. The third-order valence-electron chi connectivity index (χ3n) is 3.23. The summed E-state index contributed by atoms with van der Waals surface area (Å²) in [5.74, 6) is 1.99. The van der Waals surface area contributed by atoms with Crippen LogP contribution in [0.1, 0.15) is 30.1 Å². The number of benzene rings is 1. The molecule has 2 aromatic rings. The van der Waals surface area contributed by atoms with Crippen molar-refractivity contribution in [1.29, 1.82) is 0 Å². The zero-order valence-electron chi connectivity index (χ0n) is 10.8. The predicted molar refractivity (Wildman–Crippen MR) is 86.2 cm³/mol. The van der Waals surface area contributed by atoms with Crippen LogP contribution in [-0.2, 0) is 0 Å². The molecule has 1 heterocycles. The van der Waals surface area contributed by atoms with E-state index in [9.17, 15) is 0 Å². The fourth-order valence-electron chi connectivity index (χ4n) is 1.87. The molecule has 104 valence electrons. The monoisotopic (exact) mass is 371 g/mol. The molecule has 1 aliphatic rings. The number of rotatable bonds is 3. The van der Waals surface area contributed by atoms with Gasteiger partial charge in [0, 0.05) is 16.0 Å². The van der Waals surface area contributed by atoms with Crippen molar-refractivity contribution in [3.05, 3.63) is 44.2 Å². The highest BCUT2D eigenvalue weighted by molar-refractivity contribution is 9.10. The van der Waals surface area contributed by atoms with Crippen LogP contribution in [0.5, 0.6) is 0 Å². The van der Waals surface area contributed by atoms with Gasteiger partial charge in [-0.1, -0.05) is 39.1 Å². The van der Waals surface area contributed by atoms with Crippen LogP contribution in [0.3, 0.4) is 0 Å². The van der Waals surface area contributed by atoms with Gasteiger partial charge in [-0.2, -0.15) is 0 Å². The summed E-state index contributed by atoms with van der Waals surface area (Å²) in [4.78, 5) is 8.92. The van der Waals surface area contributed by atoms with E-state index in [1.807, 2.05) is 25.1 Å². The van der Waals surface area contributed by atoms with Gasteiger partial charge in [-0.15, -0.1) is 0 Å². The second-order valence-corrected chi connectivity index (χ2v) is 6.55. The van der Waals surface area contributed by atoms with Crippen LogP contribution in [0.25, 0.3) is 0 Å². The molecule has 6 heteroatoms. The third kappa shape index (κ3) is 2.92. The molecule has 0 amide bonds. The average molecular weight is 373 g/mol. The highest BCUT2D eigenvalue weighted by atomic mass is 79.9. The minimum absolute atomic E-state index is 0.453. The third-order valence-corrected chi connectivity index (χ3v) is 4.40. The molecule has 1 N–H and O–H groups in total. The largest absolute Gasteiger partial charge is 0.339 e. The van der Waals surface area contributed by atoms with E-state index in [2.05, 4.69) is 31.2 Å². The second-order valence-electron chi connectivity index (χ2n) is 4.87. The van der Waals surface area contributed by atoms with Crippen molar-refractivity contribution >= 4 is 50.6 Å². The number of hydrogen-bond donors (Lipinski definition) is 1. The summed E-state index contributed by atoms with van der Waals surface area (Å²) < 4.78 is 0.934. The van der Waals surface area contributed by atoms with E-state index in [4.69, 9.17) is 23.2 Å². The smallest absolute Gasteiger partial charge is 0.138 e. The van der Waals surface area contributed by atoms with E-state index in [-0.39, 0.29) is 0 Å². The lowest BCUT2D eigenvalue weighted by Crippen LogP contribution is -2.03. The summed E-state index contributed by atoms with van der Waals surface area (Å²) >= 11 is 15.8. The number of nitrogens with zero attached hydrogens (tertiary/aromatic N) is 2. The number of nitrogens with one attached hydrogen (secondary N) is 1. The van der Waals surface area contributed by atoms with Crippen molar-refractivity contribution < 1.29 is 0 Å². The molecule has 20 heavy (non-hydrogen) atoms. The second kappa shape index (κ2) is 5.51. The first-order valence-electron chi connectivity index (χ1n) is 6.30. The van der Waals surface area contributed by atoms with Crippen molar-refractivity contribution in [2.75, 3.05) is 5.32 Å². The van der Waals surface area contributed by atoms with Gasteiger partial charge < -0.3 is 5.32 Å². The van der Waals surface area contributed by atoms with E-state index in [0.717, 1.165) is 40.2 Å². The zero-order chi connectivity index (χ0) is 14.3. The minimum Gasteiger partial charge on any atom is -0.339 e. The Balaban J connectivity index is 1.97. The first kappa shape index (κ1) is 14.1. The molecular weight excluding hydrogens is 361 g/mol. The molecule has 0 spiro atoms. The van der Waals surface area contributed by atoms with E-state index in [0.29, 0.717) is 16.1 Å². The van der Waals surface area contributed by atoms with E-state index >= 15 is 0 Å². The fraction of sp³-hybridized carbons (Fsp3) is 0.286. The molecule has 3 rings (SSSR count). The summed E-state index contributed by atoms with van der Waals surface area (Å²) in [6.07, 6.45) is 2.27. The molecule has 0 bridgehead atoms. The van der Waals surface area contributed by atoms with Gasteiger partial charge in [0.2, 0.25) is 0 Å². The Bertz CT molecular complexity index is 672. The predicted octanol–water partition coefficient (Wildman–Crippen LogP) is 5.48. The Morgan fingerprint density at radius 2 is 2.00 bits per heavy atom. The topological polar surface area (TPSA) is 37.8 Å². The van der Waals surface area contributed by atoms with Crippen LogP contribution in [0.4, 0.5) is 11.5 Å². The van der Waals surface area contributed by atoms with Crippen molar-refractivity contribution in [2.45, 2.75) is 25.7 Å². The van der Waals surface area contributed by atoms with Gasteiger partial charge >= 0.3 is 0 Å². The molecule has 0 unspecified atom stereocenters. The number of halogens is 3. The normalized spacial score (nSPS) is 14.4. The van der Waals surface area contributed by atoms with Crippen molar-refractivity contribution in [2.24, 2.45) is 0 Å². The lowest BCUT2D eigenvalue weighted by molar-refractivity contribution is 0.922. The van der Waals surface area contributed by atoms with E-state index in [1.54, 1.807) is 0 Å². The van der Waals surface area contributed by atoms with Gasteiger partial charge in [-0.05, 0) is 38.0 Å². The Morgan fingerprint density at radius 3 is 2.65 bits per heavy atom. The standard InChI is InChI=1S/C14H12BrCl2N3/c1-7-12(17)19-14(8-2-3-8)20-13(7)18-11-5-4-9(15)6-10(11)16/h4-6,8H,2-3H2,1H3,(H,18,19,20). The first-order chi connectivity index (χ1) is 9.54. The van der Waals surface area contributed by atoms with Gasteiger partial charge in [0.15, 0.2) is 0 Å². The molecule has 0 saturated heterocycles. The molecule has 1 aliphatic carbocycles. The van der Waals surface area contributed by atoms with Gasteiger partial charge in [0.05, 0.1) is 10.7 Å². The molecule has 1 saturated carbocycles. The van der Waals surface area contributed by atoms with Crippen molar-refractivity contribution in [3.8, 4) is 0 Å². The first-order valence-corrected chi connectivity index (χ1v) is 7.85. The van der Waals surface area contributed by atoms with Crippen LogP contribution in [0.15, 0.2) is 22.7 Å². The lowest BCUT2D eigenvalue weighted by Gasteiger charge is -2.12. The van der Waals surface area contributed by atoms with Gasteiger partial charge in [-0.25, -0.2) is 9.97 Å². The highest BCUT2D eigenvalue weighted by Crippen LogP contribution is 2.40. The van der Waals surface area contributed by atoms with E-state index in [1.165, 1.54) is 0 Å². The Labute approximate surface area is 135 Å². The SMILES string of the molecule is Cc1c(Cl)nc(C2CC2)nc1Nc1ccc(Br)cc1Cl. The molecule has 0 radical (unpaired) electrons. The summed E-state index contributed by atoms with van der Waals surface area (Å²) in [5, 5.41) is 4.37. The van der Waals surface area contributed by atoms with Crippen LogP contribution < -0.4 is 5.32 Å². The summed E-state index contributed by atoms with van der Waals surface area (Å²) in [6.45, 7) is 1.90. The Hall–Kier alpha value is -0.840. The summed E-state index contributed by atoms with van der Waals surface area (Å²) in [6, 6.07) is 5.66. The minimum atomic E-state index is 0.453. The molecule has 1 aromatic carbocycles. The van der Waals surface area contributed by atoms with Crippen LogP contribution in [0.2, 0.25) is 10.2 Å². The summed E-state index contributed by atoms with van der Waals surface area (Å²) in [5.41, 5.74) is 1.63. The average Bonchev–Trinajstić information content (AvgIpc) is 3.22. The molecule has 3 nitrogen and oxygen atoms in total. The molecule has 0 aliphatic heterocycles. The van der Waals surface area contributed by atoms with Crippen molar-refractivity contribution in [1.82, 2.24) is 9.97 Å². The van der Waals surface area contributed by atoms with Crippen LogP contribution in [-0.4, -0.2) is 9.97 Å². The fourth-order valence-corrected chi connectivity index (χ4v) is 2.77. The van der Waals surface area contributed by atoms with Gasteiger partial charge in [0.25, 0.3) is 0 Å². The Kier molecular flexibility index (Phi) is 3.89. The van der Waals surface area contributed by atoms with Crippen LogP contribution >= 0.6 is 39.1 Å². The lowest BCUT2D eigenvalue weighted by atomic mass is 10.2. The van der Waals surface area contributed by atoms with Crippen molar-refractivity contribution in [3.63, 3.8) is 0 Å².